The molecule has 5 heteroatoms. The van der Waals surface area contributed by atoms with Gasteiger partial charge in [-0.15, -0.1) is 0 Å². The topological polar surface area (TPSA) is 51.9 Å². The summed E-state index contributed by atoms with van der Waals surface area (Å²) in [5.41, 5.74) is 0.693. The first-order valence-electron chi connectivity index (χ1n) is 6.73. The van der Waals surface area contributed by atoms with Gasteiger partial charge in [-0.2, -0.15) is 0 Å². The minimum atomic E-state index is -0.00575. The predicted octanol–water partition coefficient (Wildman–Crippen LogP) is 2.30. The van der Waals surface area contributed by atoms with E-state index in [0.29, 0.717) is 17.6 Å². The minimum absolute atomic E-state index is 0.00575. The maximum atomic E-state index is 10.7. The SMILES string of the molecule is CC(Oc1ccc2oc(C=O)cc2c1)N1CCOCC1. The van der Waals surface area contributed by atoms with E-state index in [4.69, 9.17) is 13.9 Å². The Morgan fingerprint density at radius 2 is 2.10 bits per heavy atom. The molecule has 1 saturated heterocycles. The van der Waals surface area contributed by atoms with E-state index >= 15 is 0 Å². The number of fused-ring (bicyclic) bond motifs is 1. The van der Waals surface area contributed by atoms with Crippen LogP contribution in [0.4, 0.5) is 0 Å². The van der Waals surface area contributed by atoms with Gasteiger partial charge in [0.25, 0.3) is 0 Å². The molecule has 0 amide bonds. The molecule has 0 saturated carbocycles. The second-order valence-electron chi connectivity index (χ2n) is 4.83. The molecule has 3 rings (SSSR count). The molecule has 1 aromatic heterocycles. The minimum Gasteiger partial charge on any atom is -0.475 e. The van der Waals surface area contributed by atoms with E-state index in [-0.39, 0.29) is 6.23 Å². The number of morpholine rings is 1. The van der Waals surface area contributed by atoms with E-state index in [2.05, 4.69) is 4.90 Å². The number of benzene rings is 1. The maximum Gasteiger partial charge on any atom is 0.185 e. The molecule has 0 aliphatic carbocycles. The maximum absolute atomic E-state index is 10.7. The number of aldehydes is 1. The highest BCUT2D eigenvalue weighted by molar-refractivity contribution is 5.85. The number of carbonyl (C=O) groups is 1. The second-order valence-corrected chi connectivity index (χ2v) is 4.83. The van der Waals surface area contributed by atoms with Gasteiger partial charge in [0.1, 0.15) is 17.6 Å². The van der Waals surface area contributed by atoms with E-state index in [1.54, 1.807) is 6.07 Å². The van der Waals surface area contributed by atoms with Crippen molar-refractivity contribution in [3.8, 4) is 5.75 Å². The first-order valence-corrected chi connectivity index (χ1v) is 6.73. The highest BCUT2D eigenvalue weighted by Gasteiger charge is 2.18. The van der Waals surface area contributed by atoms with Crippen molar-refractivity contribution < 1.29 is 18.7 Å². The number of carbonyl (C=O) groups excluding carboxylic acids is 1. The molecule has 1 unspecified atom stereocenters. The van der Waals surface area contributed by atoms with Crippen molar-refractivity contribution in [1.82, 2.24) is 4.90 Å². The smallest absolute Gasteiger partial charge is 0.185 e. The number of furan rings is 1. The van der Waals surface area contributed by atoms with Gasteiger partial charge in [-0.1, -0.05) is 0 Å². The molecule has 0 radical (unpaired) electrons. The lowest BCUT2D eigenvalue weighted by molar-refractivity contribution is -0.0372. The fraction of sp³-hybridized carbons (Fsp3) is 0.400. The predicted molar refractivity (Wildman–Crippen MR) is 74.1 cm³/mol. The van der Waals surface area contributed by atoms with Crippen LogP contribution in [0.1, 0.15) is 17.5 Å². The lowest BCUT2D eigenvalue weighted by Crippen LogP contribution is -2.44. The summed E-state index contributed by atoms with van der Waals surface area (Å²) in [4.78, 5) is 12.9. The first-order chi connectivity index (χ1) is 9.76. The van der Waals surface area contributed by atoms with Crippen LogP contribution in [0.2, 0.25) is 0 Å². The van der Waals surface area contributed by atoms with Crippen molar-refractivity contribution in [2.75, 3.05) is 26.3 Å². The van der Waals surface area contributed by atoms with Gasteiger partial charge in [-0.25, -0.2) is 0 Å². The van der Waals surface area contributed by atoms with Crippen LogP contribution in [0.3, 0.4) is 0 Å². The Balaban J connectivity index is 1.74. The van der Waals surface area contributed by atoms with Crippen LogP contribution >= 0.6 is 0 Å². The summed E-state index contributed by atoms with van der Waals surface area (Å²) in [6.45, 7) is 5.28. The fourth-order valence-electron chi connectivity index (χ4n) is 2.39. The van der Waals surface area contributed by atoms with Crippen molar-refractivity contribution in [3.63, 3.8) is 0 Å². The Bertz CT molecular complexity index is 601. The Morgan fingerprint density at radius 1 is 1.30 bits per heavy atom. The average Bonchev–Trinajstić information content (AvgIpc) is 2.90. The average molecular weight is 275 g/mol. The normalized spacial score (nSPS) is 18.1. The number of hydrogen-bond acceptors (Lipinski definition) is 5. The molecule has 2 aromatic rings. The van der Waals surface area contributed by atoms with Gasteiger partial charge in [0.15, 0.2) is 12.0 Å². The molecule has 2 heterocycles. The van der Waals surface area contributed by atoms with Crippen LogP contribution in [0, 0.1) is 0 Å². The van der Waals surface area contributed by atoms with Crippen LogP contribution in [0.15, 0.2) is 28.7 Å². The zero-order valence-corrected chi connectivity index (χ0v) is 11.4. The van der Waals surface area contributed by atoms with Crippen LogP contribution < -0.4 is 4.74 Å². The largest absolute Gasteiger partial charge is 0.475 e. The molecular weight excluding hydrogens is 258 g/mol. The Kier molecular flexibility index (Phi) is 3.71. The molecule has 1 atom stereocenters. The van der Waals surface area contributed by atoms with Gasteiger partial charge >= 0.3 is 0 Å². The Labute approximate surface area is 117 Å². The summed E-state index contributed by atoms with van der Waals surface area (Å²) in [7, 11) is 0. The molecule has 1 aliphatic heterocycles. The van der Waals surface area contributed by atoms with Gasteiger partial charge in [0, 0.05) is 18.5 Å². The number of rotatable bonds is 4. The van der Waals surface area contributed by atoms with E-state index in [0.717, 1.165) is 37.4 Å². The molecule has 0 N–H and O–H groups in total. The molecule has 0 spiro atoms. The zero-order chi connectivity index (χ0) is 13.9. The first kappa shape index (κ1) is 13.1. The molecule has 1 aromatic carbocycles. The highest BCUT2D eigenvalue weighted by Crippen LogP contribution is 2.24. The van der Waals surface area contributed by atoms with E-state index in [9.17, 15) is 4.79 Å². The van der Waals surface area contributed by atoms with Gasteiger partial charge in [-0.05, 0) is 31.2 Å². The summed E-state index contributed by atoms with van der Waals surface area (Å²) in [6, 6.07) is 7.29. The summed E-state index contributed by atoms with van der Waals surface area (Å²) < 4.78 is 16.6. The summed E-state index contributed by atoms with van der Waals surface area (Å²) in [6.07, 6.45) is 0.699. The van der Waals surface area contributed by atoms with Crippen molar-refractivity contribution in [2.45, 2.75) is 13.2 Å². The van der Waals surface area contributed by atoms with Crippen molar-refractivity contribution >= 4 is 17.3 Å². The van der Waals surface area contributed by atoms with Crippen molar-refractivity contribution in [3.05, 3.63) is 30.0 Å². The van der Waals surface area contributed by atoms with Crippen LogP contribution in [-0.2, 0) is 4.74 Å². The summed E-state index contributed by atoms with van der Waals surface area (Å²) >= 11 is 0. The van der Waals surface area contributed by atoms with E-state index in [1.165, 1.54) is 0 Å². The third-order valence-corrected chi connectivity index (χ3v) is 3.49. The van der Waals surface area contributed by atoms with Crippen LogP contribution in [0.25, 0.3) is 11.0 Å². The quantitative estimate of drug-likeness (QED) is 0.801. The molecule has 0 bridgehead atoms. The number of hydrogen-bond donors (Lipinski definition) is 0. The second kappa shape index (κ2) is 5.64. The fourth-order valence-corrected chi connectivity index (χ4v) is 2.39. The van der Waals surface area contributed by atoms with Gasteiger partial charge in [-0.3, -0.25) is 9.69 Å². The molecule has 1 aliphatic rings. The number of ether oxygens (including phenoxy) is 2. The van der Waals surface area contributed by atoms with Crippen molar-refractivity contribution in [2.24, 2.45) is 0 Å². The lowest BCUT2D eigenvalue weighted by atomic mass is 10.2. The third-order valence-electron chi connectivity index (χ3n) is 3.49. The Hall–Kier alpha value is -1.85. The summed E-state index contributed by atoms with van der Waals surface area (Å²) in [5.74, 6) is 1.10. The standard InChI is InChI=1S/C15H17NO4/c1-11(16-4-6-18-7-5-16)19-13-2-3-15-12(8-13)9-14(10-17)20-15/h2-3,8-11H,4-7H2,1H3. The van der Waals surface area contributed by atoms with Crippen LogP contribution in [-0.4, -0.2) is 43.7 Å². The molecule has 106 valence electrons. The summed E-state index contributed by atoms with van der Waals surface area (Å²) in [5, 5.41) is 0.874. The monoisotopic (exact) mass is 275 g/mol. The van der Waals surface area contributed by atoms with Gasteiger partial charge in [0.2, 0.25) is 0 Å². The molecular formula is C15H17NO4. The third kappa shape index (κ3) is 2.69. The Morgan fingerprint density at radius 3 is 2.85 bits per heavy atom. The molecule has 1 fully saturated rings. The number of nitrogens with zero attached hydrogens (tertiary/aromatic N) is 1. The van der Waals surface area contributed by atoms with E-state index in [1.807, 2.05) is 25.1 Å². The highest BCUT2D eigenvalue weighted by atomic mass is 16.5. The molecule has 5 nitrogen and oxygen atoms in total. The van der Waals surface area contributed by atoms with Crippen molar-refractivity contribution in [1.29, 1.82) is 0 Å². The van der Waals surface area contributed by atoms with E-state index < -0.39 is 0 Å². The zero-order valence-electron chi connectivity index (χ0n) is 11.4. The van der Waals surface area contributed by atoms with Gasteiger partial charge in [0.05, 0.1) is 13.2 Å². The lowest BCUT2D eigenvalue weighted by Gasteiger charge is -2.32. The molecule has 20 heavy (non-hydrogen) atoms. The van der Waals surface area contributed by atoms with Crippen LogP contribution in [0.5, 0.6) is 5.75 Å². The van der Waals surface area contributed by atoms with Gasteiger partial charge < -0.3 is 13.9 Å².